The van der Waals surface area contributed by atoms with Crippen LogP contribution in [0.3, 0.4) is 0 Å². The summed E-state index contributed by atoms with van der Waals surface area (Å²) in [7, 11) is 0. The molecule has 0 N–H and O–H groups in total. The predicted octanol–water partition coefficient (Wildman–Crippen LogP) is 17.1. The highest BCUT2D eigenvalue weighted by atomic mass is 16.5. The molecule has 0 heterocycles. The standard InChI is InChI=1S/C60H44N2O/c1-5-14-45(15-6-1)48-24-34-53(35-25-48)61(54-36-26-49(27-37-54)46-16-7-2-8-17-46)55-38-30-51(31-39-55)52-32-42-57(43-33-52)62(56-40-28-50(29-41-56)47-18-9-3-10-19-47)58-20-13-23-60(44-58)63-59-21-11-4-12-22-59/h1-44H. The summed E-state index contributed by atoms with van der Waals surface area (Å²) in [5.74, 6) is 1.57. The molecule has 10 aromatic carbocycles. The minimum absolute atomic E-state index is 0.773. The van der Waals surface area contributed by atoms with Crippen LogP contribution in [0.25, 0.3) is 44.5 Å². The fraction of sp³-hybridized carbons (Fsp3) is 0. The van der Waals surface area contributed by atoms with Gasteiger partial charge in [0.25, 0.3) is 0 Å². The summed E-state index contributed by atoms with van der Waals surface area (Å²) in [6, 6.07) is 93.9. The molecular weight excluding hydrogens is 765 g/mol. The number of nitrogens with zero attached hydrogens (tertiary/aromatic N) is 2. The van der Waals surface area contributed by atoms with Crippen molar-refractivity contribution in [1.29, 1.82) is 0 Å². The lowest BCUT2D eigenvalue weighted by Gasteiger charge is -2.27. The summed E-state index contributed by atoms with van der Waals surface area (Å²) >= 11 is 0. The molecule has 0 unspecified atom stereocenters. The molecule has 300 valence electrons. The van der Waals surface area contributed by atoms with Crippen molar-refractivity contribution in [3.05, 3.63) is 267 Å². The molecular formula is C60H44N2O. The molecule has 0 saturated carbocycles. The Balaban J connectivity index is 0.962. The van der Waals surface area contributed by atoms with E-state index in [1.165, 1.54) is 33.4 Å². The quantitative estimate of drug-likeness (QED) is 0.122. The Morgan fingerprint density at radius 2 is 0.444 bits per heavy atom. The zero-order valence-electron chi connectivity index (χ0n) is 34.7. The van der Waals surface area contributed by atoms with Crippen molar-refractivity contribution in [2.75, 3.05) is 9.80 Å². The van der Waals surface area contributed by atoms with Crippen molar-refractivity contribution >= 4 is 34.1 Å². The van der Waals surface area contributed by atoms with Crippen molar-refractivity contribution in [2.45, 2.75) is 0 Å². The van der Waals surface area contributed by atoms with Crippen molar-refractivity contribution in [3.63, 3.8) is 0 Å². The van der Waals surface area contributed by atoms with Gasteiger partial charge in [-0.05, 0) is 129 Å². The molecule has 0 aliphatic heterocycles. The molecule has 0 radical (unpaired) electrons. The van der Waals surface area contributed by atoms with Gasteiger partial charge in [-0.3, -0.25) is 0 Å². The van der Waals surface area contributed by atoms with E-state index in [-0.39, 0.29) is 0 Å². The first-order valence-corrected chi connectivity index (χ1v) is 21.3. The maximum Gasteiger partial charge on any atom is 0.129 e. The molecule has 0 aliphatic carbocycles. The van der Waals surface area contributed by atoms with Crippen molar-refractivity contribution in [1.82, 2.24) is 0 Å². The third-order valence-electron chi connectivity index (χ3n) is 11.3. The van der Waals surface area contributed by atoms with E-state index in [1.54, 1.807) is 0 Å². The van der Waals surface area contributed by atoms with Gasteiger partial charge in [0.1, 0.15) is 11.5 Å². The van der Waals surface area contributed by atoms with E-state index in [0.717, 1.165) is 56.8 Å². The summed E-state index contributed by atoms with van der Waals surface area (Å²) in [6.45, 7) is 0. The third-order valence-corrected chi connectivity index (χ3v) is 11.3. The molecule has 0 aromatic heterocycles. The van der Waals surface area contributed by atoms with Crippen LogP contribution in [0.5, 0.6) is 11.5 Å². The zero-order valence-corrected chi connectivity index (χ0v) is 34.7. The summed E-state index contributed by atoms with van der Waals surface area (Å²) < 4.78 is 6.29. The van der Waals surface area contributed by atoms with Gasteiger partial charge in [0.2, 0.25) is 0 Å². The number of anilines is 6. The van der Waals surface area contributed by atoms with Gasteiger partial charge >= 0.3 is 0 Å². The Kier molecular flexibility index (Phi) is 11.1. The fourth-order valence-corrected chi connectivity index (χ4v) is 8.11. The Morgan fingerprint density at radius 3 is 0.762 bits per heavy atom. The number of hydrogen-bond donors (Lipinski definition) is 0. The van der Waals surface area contributed by atoms with Crippen LogP contribution in [0.15, 0.2) is 267 Å². The second kappa shape index (κ2) is 18.1. The topological polar surface area (TPSA) is 15.7 Å². The number of ether oxygens (including phenoxy) is 1. The average molecular weight is 809 g/mol. The summed E-state index contributed by atoms with van der Waals surface area (Å²) in [5.41, 5.74) is 15.8. The van der Waals surface area contributed by atoms with Crippen LogP contribution in [0.4, 0.5) is 34.1 Å². The molecule has 0 atom stereocenters. The van der Waals surface area contributed by atoms with Crippen LogP contribution in [-0.2, 0) is 0 Å². The van der Waals surface area contributed by atoms with E-state index in [4.69, 9.17) is 4.74 Å². The molecule has 0 bridgehead atoms. The predicted molar refractivity (Wildman–Crippen MR) is 264 cm³/mol. The normalized spacial score (nSPS) is 10.9. The van der Waals surface area contributed by atoms with Gasteiger partial charge in [0.15, 0.2) is 0 Å². The fourth-order valence-electron chi connectivity index (χ4n) is 8.11. The average Bonchev–Trinajstić information content (AvgIpc) is 3.36. The molecule has 0 amide bonds. The zero-order chi connectivity index (χ0) is 42.2. The SMILES string of the molecule is c1ccc(Oc2cccc(N(c3ccc(-c4ccccc4)cc3)c3ccc(-c4ccc(N(c5ccc(-c6ccccc6)cc5)c5ccc(-c6ccccc6)cc5)cc4)cc3)c2)cc1. The van der Waals surface area contributed by atoms with Gasteiger partial charge in [0.05, 0.1) is 0 Å². The molecule has 0 saturated heterocycles. The maximum atomic E-state index is 6.29. The number of rotatable bonds is 12. The number of para-hydroxylation sites is 1. The Bertz CT molecular complexity index is 2930. The van der Waals surface area contributed by atoms with Crippen LogP contribution >= 0.6 is 0 Å². The first-order valence-electron chi connectivity index (χ1n) is 21.3. The number of benzene rings is 10. The second-order valence-electron chi connectivity index (χ2n) is 15.4. The molecule has 0 aliphatic rings. The van der Waals surface area contributed by atoms with Crippen LogP contribution in [0, 0.1) is 0 Å². The second-order valence-corrected chi connectivity index (χ2v) is 15.4. The molecule has 0 fully saturated rings. The van der Waals surface area contributed by atoms with Crippen LogP contribution < -0.4 is 14.5 Å². The van der Waals surface area contributed by atoms with Gasteiger partial charge in [0, 0.05) is 40.2 Å². The Hall–Kier alpha value is -8.40. The van der Waals surface area contributed by atoms with Gasteiger partial charge in [-0.1, -0.05) is 176 Å². The van der Waals surface area contributed by atoms with Crippen molar-refractivity contribution in [3.8, 4) is 56.0 Å². The van der Waals surface area contributed by atoms with Crippen LogP contribution in [0.1, 0.15) is 0 Å². The Morgan fingerprint density at radius 1 is 0.190 bits per heavy atom. The minimum atomic E-state index is 0.773. The Labute approximate surface area is 370 Å². The molecule has 63 heavy (non-hydrogen) atoms. The first-order chi connectivity index (χ1) is 31.2. The summed E-state index contributed by atoms with van der Waals surface area (Å²) in [5, 5.41) is 0. The maximum absolute atomic E-state index is 6.29. The molecule has 3 nitrogen and oxygen atoms in total. The summed E-state index contributed by atoms with van der Waals surface area (Å²) in [4.78, 5) is 4.61. The van der Waals surface area contributed by atoms with E-state index >= 15 is 0 Å². The summed E-state index contributed by atoms with van der Waals surface area (Å²) in [6.07, 6.45) is 0. The highest BCUT2D eigenvalue weighted by Crippen LogP contribution is 2.41. The van der Waals surface area contributed by atoms with Crippen molar-refractivity contribution < 1.29 is 4.74 Å². The van der Waals surface area contributed by atoms with Crippen LogP contribution in [0.2, 0.25) is 0 Å². The van der Waals surface area contributed by atoms with E-state index in [0.29, 0.717) is 0 Å². The number of hydrogen-bond acceptors (Lipinski definition) is 3. The van der Waals surface area contributed by atoms with E-state index in [1.807, 2.05) is 42.5 Å². The van der Waals surface area contributed by atoms with Gasteiger partial charge in [-0.15, -0.1) is 0 Å². The highest BCUT2D eigenvalue weighted by molar-refractivity contribution is 5.83. The monoisotopic (exact) mass is 808 g/mol. The largest absolute Gasteiger partial charge is 0.457 e. The molecule has 3 heteroatoms. The lowest BCUT2D eigenvalue weighted by molar-refractivity contribution is 0.483. The lowest BCUT2D eigenvalue weighted by atomic mass is 10.0. The van der Waals surface area contributed by atoms with E-state index < -0.39 is 0 Å². The van der Waals surface area contributed by atoms with Gasteiger partial charge in [-0.25, -0.2) is 0 Å². The highest BCUT2D eigenvalue weighted by Gasteiger charge is 2.17. The molecule has 10 rings (SSSR count). The smallest absolute Gasteiger partial charge is 0.129 e. The first kappa shape index (κ1) is 38.8. The van der Waals surface area contributed by atoms with Crippen molar-refractivity contribution in [2.24, 2.45) is 0 Å². The van der Waals surface area contributed by atoms with E-state index in [2.05, 4.69) is 234 Å². The van der Waals surface area contributed by atoms with E-state index in [9.17, 15) is 0 Å². The van der Waals surface area contributed by atoms with Gasteiger partial charge in [-0.2, -0.15) is 0 Å². The van der Waals surface area contributed by atoms with Gasteiger partial charge < -0.3 is 14.5 Å². The van der Waals surface area contributed by atoms with Crippen LogP contribution in [-0.4, -0.2) is 0 Å². The lowest BCUT2D eigenvalue weighted by Crippen LogP contribution is -2.10. The molecule has 0 spiro atoms. The minimum Gasteiger partial charge on any atom is -0.457 e. The molecule has 10 aromatic rings. The third kappa shape index (κ3) is 8.77.